The van der Waals surface area contributed by atoms with Gasteiger partial charge in [-0.15, -0.1) is 11.6 Å². The zero-order chi connectivity index (χ0) is 20.0. The predicted molar refractivity (Wildman–Crippen MR) is 105 cm³/mol. The molecule has 2 heterocycles. The first kappa shape index (κ1) is 18.0. The molecular weight excluding hydrogens is 384 g/mol. The number of nitrogens with zero attached hydrogens (tertiary/aromatic N) is 2. The number of nitro groups is 1. The van der Waals surface area contributed by atoms with Crippen LogP contribution in [0.25, 0.3) is 10.9 Å². The van der Waals surface area contributed by atoms with Gasteiger partial charge in [0.25, 0.3) is 17.2 Å². The van der Waals surface area contributed by atoms with Crippen LogP contribution in [0.15, 0.2) is 53.3 Å². The number of β-lactam (4-membered cyclic amide) rings is 1. The van der Waals surface area contributed by atoms with Crippen LogP contribution in [0.2, 0.25) is 0 Å². The Labute approximate surface area is 163 Å². The van der Waals surface area contributed by atoms with Gasteiger partial charge in [0.15, 0.2) is 0 Å². The molecule has 1 aliphatic heterocycles. The lowest BCUT2D eigenvalue weighted by Gasteiger charge is -2.44. The van der Waals surface area contributed by atoms with Crippen LogP contribution in [0.3, 0.4) is 0 Å². The molecule has 8 nitrogen and oxygen atoms in total. The third kappa shape index (κ3) is 2.87. The number of halogens is 1. The van der Waals surface area contributed by atoms with Gasteiger partial charge in [-0.25, -0.2) is 5.01 Å². The topological polar surface area (TPSA) is 108 Å². The van der Waals surface area contributed by atoms with Crippen molar-refractivity contribution < 1.29 is 9.72 Å². The van der Waals surface area contributed by atoms with Crippen molar-refractivity contribution in [2.24, 2.45) is 0 Å². The maximum Gasteiger partial charge on any atom is 0.269 e. The lowest BCUT2D eigenvalue weighted by atomic mass is 9.95. The van der Waals surface area contributed by atoms with E-state index < -0.39 is 16.3 Å². The highest BCUT2D eigenvalue weighted by Gasteiger charge is 2.48. The van der Waals surface area contributed by atoms with Gasteiger partial charge in [0, 0.05) is 23.6 Å². The van der Waals surface area contributed by atoms with E-state index in [1.54, 1.807) is 12.1 Å². The second-order valence-corrected chi connectivity index (χ2v) is 7.03. The standard InChI is InChI=1S/C19H15ClN4O4/c1-10-3-2-4-13-14(9-15(25)21-17(10)13)22-23-18(16(20)19(23)26)11-5-7-12(8-6-11)24(27)28/h2-9,16,18H,1H3,(H2,21,22,25). The van der Waals surface area contributed by atoms with Crippen LogP contribution in [0.5, 0.6) is 0 Å². The number of nitro benzene ring substituents is 1. The number of aromatic nitrogens is 1. The second kappa shape index (κ2) is 6.65. The van der Waals surface area contributed by atoms with Crippen LogP contribution in [0, 0.1) is 17.0 Å². The predicted octanol–water partition coefficient (Wildman–Crippen LogP) is 3.26. The number of benzene rings is 2. The number of anilines is 1. The quantitative estimate of drug-likeness (QED) is 0.303. The Morgan fingerprint density at radius 3 is 2.57 bits per heavy atom. The average molecular weight is 399 g/mol. The van der Waals surface area contributed by atoms with E-state index in [4.69, 9.17) is 11.6 Å². The lowest BCUT2D eigenvalue weighted by molar-refractivity contribution is -0.384. The van der Waals surface area contributed by atoms with Gasteiger partial charge in [-0.2, -0.15) is 0 Å². The summed E-state index contributed by atoms with van der Waals surface area (Å²) in [4.78, 5) is 37.6. The van der Waals surface area contributed by atoms with Gasteiger partial charge in [0.2, 0.25) is 0 Å². The van der Waals surface area contributed by atoms with Gasteiger partial charge >= 0.3 is 0 Å². The molecule has 2 atom stereocenters. The van der Waals surface area contributed by atoms with Crippen molar-refractivity contribution >= 4 is 39.8 Å². The van der Waals surface area contributed by atoms with Crippen LogP contribution in [0.1, 0.15) is 17.2 Å². The number of hydrazine groups is 1. The molecule has 2 aromatic carbocycles. The Morgan fingerprint density at radius 1 is 1.18 bits per heavy atom. The fraction of sp³-hybridized carbons (Fsp3) is 0.158. The first-order valence-corrected chi connectivity index (χ1v) is 8.91. The number of non-ortho nitro benzene ring substituents is 1. The van der Waals surface area contributed by atoms with Crippen molar-refractivity contribution in [2.75, 3.05) is 5.43 Å². The molecule has 3 aromatic rings. The molecule has 2 unspecified atom stereocenters. The highest BCUT2D eigenvalue weighted by Crippen LogP contribution is 2.39. The van der Waals surface area contributed by atoms with E-state index in [1.807, 2.05) is 25.1 Å². The average Bonchev–Trinajstić information content (AvgIpc) is 2.68. The van der Waals surface area contributed by atoms with Crippen LogP contribution in [-0.4, -0.2) is 26.2 Å². The summed E-state index contributed by atoms with van der Waals surface area (Å²) in [5.74, 6) is -0.342. The maximum absolute atomic E-state index is 12.4. The van der Waals surface area contributed by atoms with Crippen molar-refractivity contribution in [3.05, 3.63) is 80.1 Å². The summed E-state index contributed by atoms with van der Waals surface area (Å²) in [5, 5.41) is 12.1. The fourth-order valence-corrected chi connectivity index (χ4v) is 3.70. The van der Waals surface area contributed by atoms with Crippen molar-refractivity contribution in [3.8, 4) is 0 Å². The Bertz CT molecular complexity index is 1160. The molecule has 4 rings (SSSR count). The smallest absolute Gasteiger partial charge is 0.269 e. The van der Waals surface area contributed by atoms with Gasteiger partial charge in [0.05, 0.1) is 16.1 Å². The number of H-pyrrole nitrogens is 1. The summed E-state index contributed by atoms with van der Waals surface area (Å²) >= 11 is 6.21. The molecule has 142 valence electrons. The zero-order valence-electron chi connectivity index (χ0n) is 14.7. The largest absolute Gasteiger partial charge is 0.322 e. The molecule has 0 saturated carbocycles. The second-order valence-electron chi connectivity index (χ2n) is 6.56. The van der Waals surface area contributed by atoms with E-state index >= 15 is 0 Å². The summed E-state index contributed by atoms with van der Waals surface area (Å²) < 4.78 is 0. The molecular formula is C19H15ClN4O4. The first-order valence-electron chi connectivity index (χ1n) is 8.47. The summed E-state index contributed by atoms with van der Waals surface area (Å²) in [6.07, 6.45) is 0. The van der Waals surface area contributed by atoms with E-state index in [-0.39, 0.29) is 17.2 Å². The van der Waals surface area contributed by atoms with E-state index in [0.29, 0.717) is 16.8 Å². The highest BCUT2D eigenvalue weighted by atomic mass is 35.5. The number of hydrogen-bond donors (Lipinski definition) is 2. The number of amides is 1. The summed E-state index contributed by atoms with van der Waals surface area (Å²) in [7, 11) is 0. The van der Waals surface area contributed by atoms with Crippen LogP contribution in [-0.2, 0) is 4.79 Å². The van der Waals surface area contributed by atoms with Crippen molar-refractivity contribution in [3.63, 3.8) is 0 Å². The van der Waals surface area contributed by atoms with E-state index in [2.05, 4.69) is 10.4 Å². The molecule has 9 heteroatoms. The number of aryl methyl sites for hydroxylation is 1. The molecule has 1 aliphatic rings. The molecule has 1 saturated heterocycles. The van der Waals surface area contributed by atoms with Gasteiger partial charge < -0.3 is 4.98 Å². The molecule has 0 radical (unpaired) electrons. The highest BCUT2D eigenvalue weighted by molar-refractivity contribution is 6.33. The Kier molecular flexibility index (Phi) is 4.27. The number of rotatable bonds is 4. The molecule has 1 aromatic heterocycles. The number of aromatic amines is 1. The Balaban J connectivity index is 1.70. The molecule has 0 aliphatic carbocycles. The van der Waals surface area contributed by atoms with Crippen LogP contribution in [0.4, 0.5) is 11.4 Å². The van der Waals surface area contributed by atoms with Crippen molar-refractivity contribution in [2.45, 2.75) is 18.3 Å². The number of carbonyl (C=O) groups excluding carboxylic acids is 1. The lowest BCUT2D eigenvalue weighted by Crippen LogP contribution is -2.58. The Hall–Kier alpha value is -3.39. The minimum atomic E-state index is -0.802. The molecule has 1 amide bonds. The SMILES string of the molecule is Cc1cccc2c(NN3C(=O)C(Cl)C3c3ccc([N+](=O)[O-])cc3)cc(=O)[nH]c12. The number of pyridine rings is 1. The molecule has 2 N–H and O–H groups in total. The zero-order valence-corrected chi connectivity index (χ0v) is 15.4. The van der Waals surface area contributed by atoms with Gasteiger partial charge in [-0.05, 0) is 30.2 Å². The number of para-hydroxylation sites is 1. The van der Waals surface area contributed by atoms with Crippen LogP contribution < -0.4 is 11.0 Å². The molecule has 1 fully saturated rings. The van der Waals surface area contributed by atoms with Gasteiger partial charge in [0.1, 0.15) is 11.4 Å². The monoisotopic (exact) mass is 398 g/mol. The number of nitrogens with one attached hydrogen (secondary N) is 2. The number of carbonyl (C=O) groups is 1. The minimum absolute atomic E-state index is 0.0453. The van der Waals surface area contributed by atoms with E-state index in [0.717, 1.165) is 10.9 Å². The third-order valence-electron chi connectivity index (χ3n) is 4.80. The van der Waals surface area contributed by atoms with Gasteiger partial charge in [-0.1, -0.05) is 18.2 Å². The first-order chi connectivity index (χ1) is 13.4. The maximum atomic E-state index is 12.4. The number of hydrogen-bond acceptors (Lipinski definition) is 5. The summed E-state index contributed by atoms with van der Waals surface area (Å²) in [6.45, 7) is 1.88. The van der Waals surface area contributed by atoms with Crippen molar-refractivity contribution in [1.82, 2.24) is 9.99 Å². The van der Waals surface area contributed by atoms with E-state index in [9.17, 15) is 19.7 Å². The third-order valence-corrected chi connectivity index (χ3v) is 5.23. The molecule has 0 bridgehead atoms. The minimum Gasteiger partial charge on any atom is -0.322 e. The Morgan fingerprint density at radius 2 is 1.89 bits per heavy atom. The number of alkyl halides is 1. The fourth-order valence-electron chi connectivity index (χ4n) is 3.34. The molecule has 0 spiro atoms. The van der Waals surface area contributed by atoms with Crippen molar-refractivity contribution in [1.29, 1.82) is 0 Å². The summed E-state index contributed by atoms with van der Waals surface area (Å²) in [5.41, 5.74) is 5.37. The number of fused-ring (bicyclic) bond motifs is 1. The molecule has 28 heavy (non-hydrogen) atoms. The summed E-state index contributed by atoms with van der Waals surface area (Å²) in [6, 6.07) is 12.3. The van der Waals surface area contributed by atoms with Crippen LogP contribution >= 0.6 is 11.6 Å². The van der Waals surface area contributed by atoms with Gasteiger partial charge in [-0.3, -0.25) is 25.1 Å². The van der Waals surface area contributed by atoms with E-state index in [1.165, 1.54) is 23.2 Å². The normalized spacial score (nSPS) is 18.8.